The third kappa shape index (κ3) is 2.41. The maximum atomic E-state index is 5.36. The molecule has 1 aliphatic heterocycles. The molecule has 0 amide bonds. The van der Waals surface area contributed by atoms with Gasteiger partial charge in [0.05, 0.1) is 6.17 Å². The maximum absolute atomic E-state index is 5.36. The van der Waals surface area contributed by atoms with Crippen LogP contribution in [-0.2, 0) is 4.74 Å². The van der Waals surface area contributed by atoms with E-state index in [0.29, 0.717) is 5.92 Å². The molecule has 4 nitrogen and oxygen atoms in total. The molecule has 66 valence electrons. The van der Waals surface area contributed by atoms with E-state index in [1.54, 1.807) is 0 Å². The second-order valence-corrected chi connectivity index (χ2v) is 2.88. The molecule has 1 saturated heterocycles. The van der Waals surface area contributed by atoms with Crippen LogP contribution in [0.4, 0.5) is 0 Å². The van der Waals surface area contributed by atoms with Gasteiger partial charge in [-0.05, 0) is 25.8 Å². The molecule has 4 N–H and O–H groups in total. The minimum absolute atomic E-state index is 0.235. The zero-order chi connectivity index (χ0) is 8.10. The zero-order valence-corrected chi connectivity index (χ0v) is 6.97. The van der Waals surface area contributed by atoms with Crippen LogP contribution >= 0.6 is 0 Å². The SMILES string of the molecule is CNC(NN)C1CCOCC1. The van der Waals surface area contributed by atoms with Crippen LogP contribution in [0.25, 0.3) is 0 Å². The van der Waals surface area contributed by atoms with Crippen LogP contribution in [-0.4, -0.2) is 26.4 Å². The highest BCUT2D eigenvalue weighted by Gasteiger charge is 2.21. The maximum Gasteiger partial charge on any atom is 0.0729 e. The summed E-state index contributed by atoms with van der Waals surface area (Å²) in [5, 5.41) is 3.13. The van der Waals surface area contributed by atoms with Gasteiger partial charge in [-0.25, -0.2) is 5.43 Å². The van der Waals surface area contributed by atoms with Crippen molar-refractivity contribution >= 4 is 0 Å². The van der Waals surface area contributed by atoms with E-state index >= 15 is 0 Å². The van der Waals surface area contributed by atoms with Crippen molar-refractivity contribution < 1.29 is 4.74 Å². The lowest BCUT2D eigenvalue weighted by Gasteiger charge is -2.29. The fourth-order valence-corrected chi connectivity index (χ4v) is 1.50. The first-order chi connectivity index (χ1) is 5.38. The summed E-state index contributed by atoms with van der Waals surface area (Å²) in [5.41, 5.74) is 2.75. The Balaban J connectivity index is 2.30. The van der Waals surface area contributed by atoms with Gasteiger partial charge in [0.1, 0.15) is 0 Å². The molecule has 0 saturated carbocycles. The average Bonchev–Trinajstić information content (AvgIpc) is 2.09. The quantitative estimate of drug-likeness (QED) is 0.293. The third-order valence-corrected chi connectivity index (χ3v) is 2.23. The molecule has 0 aromatic heterocycles. The number of nitrogens with one attached hydrogen (secondary N) is 2. The third-order valence-electron chi connectivity index (χ3n) is 2.23. The molecular weight excluding hydrogens is 142 g/mol. The largest absolute Gasteiger partial charge is 0.381 e. The van der Waals surface area contributed by atoms with Crippen molar-refractivity contribution in [1.29, 1.82) is 0 Å². The molecule has 4 heteroatoms. The van der Waals surface area contributed by atoms with Crippen molar-refractivity contribution in [2.75, 3.05) is 20.3 Å². The second kappa shape index (κ2) is 4.66. The summed E-state index contributed by atoms with van der Waals surface area (Å²) in [7, 11) is 1.92. The summed E-state index contributed by atoms with van der Waals surface area (Å²) in [6.45, 7) is 1.73. The van der Waals surface area contributed by atoms with Crippen LogP contribution in [0.2, 0.25) is 0 Å². The van der Waals surface area contributed by atoms with Crippen LogP contribution in [0.5, 0.6) is 0 Å². The molecule has 0 radical (unpaired) electrons. The molecule has 1 rings (SSSR count). The molecule has 0 aliphatic carbocycles. The molecule has 0 aromatic carbocycles. The summed E-state index contributed by atoms with van der Waals surface area (Å²) in [6.07, 6.45) is 2.42. The van der Waals surface area contributed by atoms with Gasteiger partial charge < -0.3 is 10.1 Å². The first-order valence-corrected chi connectivity index (χ1v) is 4.09. The van der Waals surface area contributed by atoms with Crippen LogP contribution in [0.1, 0.15) is 12.8 Å². The van der Waals surface area contributed by atoms with E-state index in [2.05, 4.69) is 10.7 Å². The van der Waals surface area contributed by atoms with Crippen LogP contribution < -0.4 is 16.6 Å². The fourth-order valence-electron chi connectivity index (χ4n) is 1.50. The molecule has 0 spiro atoms. The van der Waals surface area contributed by atoms with E-state index in [1.807, 2.05) is 7.05 Å². The summed E-state index contributed by atoms with van der Waals surface area (Å²) in [6, 6.07) is 0. The molecule has 1 heterocycles. The van der Waals surface area contributed by atoms with Crippen LogP contribution in [0.3, 0.4) is 0 Å². The smallest absolute Gasteiger partial charge is 0.0729 e. The number of rotatable bonds is 3. The molecular formula is C7H17N3O. The van der Waals surface area contributed by atoms with Crippen molar-refractivity contribution in [2.24, 2.45) is 11.8 Å². The van der Waals surface area contributed by atoms with Crippen LogP contribution in [0.15, 0.2) is 0 Å². The van der Waals surface area contributed by atoms with E-state index in [0.717, 1.165) is 26.1 Å². The van der Waals surface area contributed by atoms with Gasteiger partial charge in [0, 0.05) is 13.2 Å². The molecule has 1 aliphatic rings. The van der Waals surface area contributed by atoms with Crippen molar-refractivity contribution in [3.05, 3.63) is 0 Å². The van der Waals surface area contributed by atoms with E-state index in [4.69, 9.17) is 10.6 Å². The topological polar surface area (TPSA) is 59.3 Å². The molecule has 0 aromatic rings. The standard InChI is InChI=1S/C7H17N3O/c1-9-7(10-8)6-2-4-11-5-3-6/h6-7,9-10H,2-5,8H2,1H3. The second-order valence-electron chi connectivity index (χ2n) is 2.88. The van der Waals surface area contributed by atoms with Gasteiger partial charge in [-0.3, -0.25) is 5.84 Å². The van der Waals surface area contributed by atoms with Gasteiger partial charge in [-0.1, -0.05) is 0 Å². The number of hydrazine groups is 1. The summed E-state index contributed by atoms with van der Waals surface area (Å²) in [4.78, 5) is 0. The summed E-state index contributed by atoms with van der Waals surface area (Å²) < 4.78 is 5.24. The number of nitrogens with two attached hydrogens (primary N) is 1. The first kappa shape index (κ1) is 8.93. The van der Waals surface area contributed by atoms with Crippen LogP contribution in [0, 0.1) is 5.92 Å². The molecule has 11 heavy (non-hydrogen) atoms. The lowest BCUT2D eigenvalue weighted by Crippen LogP contribution is -2.50. The number of hydrogen-bond acceptors (Lipinski definition) is 4. The Morgan fingerprint density at radius 3 is 2.55 bits per heavy atom. The number of ether oxygens (including phenoxy) is 1. The predicted molar refractivity (Wildman–Crippen MR) is 43.7 cm³/mol. The van der Waals surface area contributed by atoms with Crippen molar-refractivity contribution in [3.63, 3.8) is 0 Å². The lowest BCUT2D eigenvalue weighted by molar-refractivity contribution is 0.0500. The van der Waals surface area contributed by atoms with Gasteiger partial charge >= 0.3 is 0 Å². The van der Waals surface area contributed by atoms with Gasteiger partial charge in [0.2, 0.25) is 0 Å². The van der Waals surface area contributed by atoms with E-state index in [-0.39, 0.29) is 6.17 Å². The highest BCUT2D eigenvalue weighted by molar-refractivity contribution is 4.73. The average molecular weight is 159 g/mol. The molecule has 1 atom stereocenters. The lowest BCUT2D eigenvalue weighted by atomic mass is 9.97. The fraction of sp³-hybridized carbons (Fsp3) is 1.00. The van der Waals surface area contributed by atoms with E-state index in [1.165, 1.54) is 0 Å². The van der Waals surface area contributed by atoms with Crippen molar-refractivity contribution in [1.82, 2.24) is 10.7 Å². The highest BCUT2D eigenvalue weighted by Crippen LogP contribution is 2.16. The summed E-state index contributed by atoms with van der Waals surface area (Å²) >= 11 is 0. The van der Waals surface area contributed by atoms with Gasteiger partial charge in [0.15, 0.2) is 0 Å². The minimum Gasteiger partial charge on any atom is -0.381 e. The first-order valence-electron chi connectivity index (χ1n) is 4.09. The summed E-state index contributed by atoms with van der Waals surface area (Å²) in [5.74, 6) is 5.97. The predicted octanol–water partition coefficient (Wildman–Crippen LogP) is -0.578. The monoisotopic (exact) mass is 159 g/mol. The van der Waals surface area contributed by atoms with E-state index in [9.17, 15) is 0 Å². The van der Waals surface area contributed by atoms with E-state index < -0.39 is 0 Å². The van der Waals surface area contributed by atoms with Gasteiger partial charge in [0.25, 0.3) is 0 Å². The van der Waals surface area contributed by atoms with Crippen molar-refractivity contribution in [2.45, 2.75) is 19.0 Å². The number of hydrogen-bond donors (Lipinski definition) is 3. The minimum atomic E-state index is 0.235. The molecule has 1 fully saturated rings. The Hall–Kier alpha value is -0.160. The Morgan fingerprint density at radius 1 is 1.45 bits per heavy atom. The Bertz CT molecular complexity index is 99.9. The molecule has 0 bridgehead atoms. The molecule has 1 unspecified atom stereocenters. The normalized spacial score (nSPS) is 23.5. The highest BCUT2D eigenvalue weighted by atomic mass is 16.5. The zero-order valence-electron chi connectivity index (χ0n) is 6.97. The van der Waals surface area contributed by atoms with Crippen molar-refractivity contribution in [3.8, 4) is 0 Å². The Kier molecular flexibility index (Phi) is 3.79. The van der Waals surface area contributed by atoms with Gasteiger partial charge in [-0.15, -0.1) is 0 Å². The Labute approximate surface area is 67.4 Å². The van der Waals surface area contributed by atoms with Gasteiger partial charge in [-0.2, -0.15) is 0 Å². The Morgan fingerprint density at radius 2 is 2.09 bits per heavy atom.